The van der Waals surface area contributed by atoms with Crippen molar-refractivity contribution in [3.63, 3.8) is 0 Å². The molecular weight excluding hydrogens is 569 g/mol. The van der Waals surface area contributed by atoms with E-state index in [4.69, 9.17) is 9.47 Å². The molecule has 1 amide bonds. The molecule has 1 aromatic heterocycles. The summed E-state index contributed by atoms with van der Waals surface area (Å²) in [4.78, 5) is 16.4. The van der Waals surface area contributed by atoms with Crippen LogP contribution in [-0.4, -0.2) is 63.8 Å². The number of rotatable bonds is 6. The maximum Gasteiger partial charge on any atom is 0.409 e. The maximum atomic E-state index is 15.2. The van der Waals surface area contributed by atoms with Crippen molar-refractivity contribution in [2.45, 2.75) is 57.4 Å². The lowest BCUT2D eigenvalue weighted by molar-refractivity contribution is 0.00212. The standard InChI is InChI=1S/C33H42FN3O5S/c1-32(2,3)30(35(4)31(38)41-5)24-21-29(27-11-6-7-12-28(27)34)37(23-24)43(39,40)26-10-8-9-25(22-26)36-17-13-33(14-18-36)15-19-42-20-16-33/h6-12,21-23,30H,13-20H2,1-5H3. The van der Waals surface area contributed by atoms with Crippen molar-refractivity contribution in [2.24, 2.45) is 10.8 Å². The number of amides is 1. The van der Waals surface area contributed by atoms with E-state index in [1.165, 1.54) is 24.3 Å². The van der Waals surface area contributed by atoms with Crippen LogP contribution in [-0.2, 0) is 19.5 Å². The first-order chi connectivity index (χ1) is 20.4. The first kappa shape index (κ1) is 31.1. The first-order valence-electron chi connectivity index (χ1n) is 14.8. The number of ether oxygens (including phenoxy) is 2. The first-order valence-corrected chi connectivity index (χ1v) is 16.3. The Kier molecular flexibility index (Phi) is 8.64. The fourth-order valence-corrected chi connectivity index (χ4v) is 8.15. The van der Waals surface area contributed by atoms with Gasteiger partial charge in [0.1, 0.15) is 5.82 Å². The molecule has 3 heterocycles. The summed E-state index contributed by atoms with van der Waals surface area (Å²) in [5.74, 6) is -0.540. The third-order valence-electron chi connectivity index (χ3n) is 9.06. The Balaban J connectivity index is 1.55. The van der Waals surface area contributed by atoms with E-state index in [9.17, 15) is 13.2 Å². The Morgan fingerprint density at radius 3 is 2.33 bits per heavy atom. The lowest BCUT2D eigenvalue weighted by atomic mass is 9.72. The minimum absolute atomic E-state index is 0.115. The van der Waals surface area contributed by atoms with E-state index in [0.29, 0.717) is 11.0 Å². The lowest BCUT2D eigenvalue weighted by Gasteiger charge is -2.44. The van der Waals surface area contributed by atoms with Crippen LogP contribution in [0.25, 0.3) is 11.3 Å². The van der Waals surface area contributed by atoms with Crippen molar-refractivity contribution in [1.82, 2.24) is 8.87 Å². The molecule has 0 N–H and O–H groups in total. The highest BCUT2D eigenvalue weighted by atomic mass is 32.2. The fraction of sp³-hybridized carbons (Fsp3) is 0.485. The summed E-state index contributed by atoms with van der Waals surface area (Å²) in [6.07, 6.45) is 5.20. The molecule has 5 rings (SSSR count). The Morgan fingerprint density at radius 1 is 1.02 bits per heavy atom. The number of carbonyl (C=O) groups excluding carboxylic acids is 1. The van der Waals surface area contributed by atoms with Crippen molar-refractivity contribution in [1.29, 1.82) is 0 Å². The van der Waals surface area contributed by atoms with Crippen LogP contribution in [0.3, 0.4) is 0 Å². The predicted molar refractivity (Wildman–Crippen MR) is 165 cm³/mol. The van der Waals surface area contributed by atoms with E-state index < -0.39 is 33.4 Å². The summed E-state index contributed by atoms with van der Waals surface area (Å²) in [5, 5.41) is 0. The van der Waals surface area contributed by atoms with Gasteiger partial charge in [0, 0.05) is 50.8 Å². The average molecular weight is 612 g/mol. The van der Waals surface area contributed by atoms with Crippen LogP contribution < -0.4 is 4.90 Å². The van der Waals surface area contributed by atoms with Gasteiger partial charge >= 0.3 is 6.09 Å². The Labute approximate surface area is 254 Å². The second kappa shape index (κ2) is 12.0. The van der Waals surface area contributed by atoms with Gasteiger partial charge in [-0.15, -0.1) is 0 Å². The average Bonchev–Trinajstić information content (AvgIpc) is 3.42. The summed E-state index contributed by atoms with van der Waals surface area (Å²) in [6, 6.07) is 14.2. The van der Waals surface area contributed by atoms with Crippen LogP contribution in [0, 0.1) is 16.6 Å². The number of carbonyl (C=O) groups is 1. The third-order valence-corrected chi connectivity index (χ3v) is 10.7. The zero-order valence-corrected chi connectivity index (χ0v) is 26.5. The molecule has 2 aliphatic rings. The highest BCUT2D eigenvalue weighted by Crippen LogP contribution is 2.43. The predicted octanol–water partition coefficient (Wildman–Crippen LogP) is 6.71. The summed E-state index contributed by atoms with van der Waals surface area (Å²) in [5.41, 5.74) is 1.55. The van der Waals surface area contributed by atoms with Gasteiger partial charge in [-0.3, -0.25) is 0 Å². The molecule has 0 saturated carbocycles. The molecule has 8 nitrogen and oxygen atoms in total. The topological polar surface area (TPSA) is 81.1 Å². The number of nitrogens with zero attached hydrogens (tertiary/aromatic N) is 3. The molecule has 0 aliphatic carbocycles. The van der Waals surface area contributed by atoms with E-state index in [2.05, 4.69) is 4.90 Å². The zero-order chi connectivity index (χ0) is 31.0. The second-order valence-electron chi connectivity index (χ2n) is 12.9. The Hall–Kier alpha value is -3.37. The Morgan fingerprint density at radius 2 is 1.70 bits per heavy atom. The Bertz CT molecular complexity index is 1560. The van der Waals surface area contributed by atoms with Gasteiger partial charge in [0.05, 0.1) is 23.7 Å². The number of anilines is 1. The van der Waals surface area contributed by atoms with E-state index in [-0.39, 0.29) is 16.2 Å². The highest BCUT2D eigenvalue weighted by molar-refractivity contribution is 7.90. The van der Waals surface area contributed by atoms with Gasteiger partial charge < -0.3 is 19.3 Å². The summed E-state index contributed by atoms with van der Waals surface area (Å²) in [6.45, 7) is 9.19. The van der Waals surface area contributed by atoms with Crippen molar-refractivity contribution in [3.8, 4) is 11.3 Å². The van der Waals surface area contributed by atoms with Gasteiger partial charge in [-0.2, -0.15) is 0 Å². The van der Waals surface area contributed by atoms with Gasteiger partial charge in [0.2, 0.25) is 0 Å². The molecule has 2 fully saturated rings. The molecule has 1 atom stereocenters. The smallest absolute Gasteiger partial charge is 0.409 e. The van der Waals surface area contributed by atoms with Crippen LogP contribution in [0.5, 0.6) is 0 Å². The quantitative estimate of drug-likeness (QED) is 0.308. The van der Waals surface area contributed by atoms with Gasteiger partial charge in [0.25, 0.3) is 10.0 Å². The van der Waals surface area contributed by atoms with E-state index in [1.807, 2.05) is 26.8 Å². The van der Waals surface area contributed by atoms with Gasteiger partial charge in [0.15, 0.2) is 0 Å². The van der Waals surface area contributed by atoms with Gasteiger partial charge in [-0.1, -0.05) is 39.0 Å². The van der Waals surface area contributed by atoms with Crippen molar-refractivity contribution >= 4 is 21.8 Å². The van der Waals surface area contributed by atoms with E-state index in [1.54, 1.807) is 49.5 Å². The van der Waals surface area contributed by atoms with Crippen LogP contribution in [0.4, 0.5) is 14.9 Å². The molecule has 43 heavy (non-hydrogen) atoms. The molecule has 10 heteroatoms. The number of methoxy groups -OCH3 is 1. The van der Waals surface area contributed by atoms with Crippen LogP contribution in [0.2, 0.25) is 0 Å². The van der Waals surface area contributed by atoms with E-state index in [0.717, 1.165) is 61.6 Å². The molecule has 2 aliphatic heterocycles. The molecule has 2 aromatic carbocycles. The minimum atomic E-state index is -4.16. The molecular formula is C33H42FN3O5S. The number of aromatic nitrogens is 1. The molecule has 2 saturated heterocycles. The zero-order valence-electron chi connectivity index (χ0n) is 25.7. The SMILES string of the molecule is COC(=O)N(C)C(c1cc(-c2ccccc2F)n(S(=O)(=O)c2cccc(N3CCC4(CCOCC4)CC3)c2)c1)C(C)(C)C. The van der Waals surface area contributed by atoms with E-state index >= 15 is 4.39 Å². The van der Waals surface area contributed by atoms with Crippen molar-refractivity contribution in [2.75, 3.05) is 45.4 Å². The molecule has 0 bridgehead atoms. The monoisotopic (exact) mass is 611 g/mol. The van der Waals surface area contributed by atoms with Gasteiger partial charge in [-0.25, -0.2) is 21.6 Å². The van der Waals surface area contributed by atoms with Crippen LogP contribution in [0.1, 0.15) is 58.1 Å². The minimum Gasteiger partial charge on any atom is -0.453 e. The van der Waals surface area contributed by atoms with Crippen LogP contribution in [0.15, 0.2) is 65.7 Å². The number of piperidine rings is 1. The molecule has 232 valence electrons. The number of hydrogen-bond acceptors (Lipinski definition) is 6. The number of halogens is 1. The lowest BCUT2D eigenvalue weighted by Crippen LogP contribution is -2.43. The number of hydrogen-bond donors (Lipinski definition) is 0. The van der Waals surface area contributed by atoms with Gasteiger partial charge in [-0.05, 0) is 78.5 Å². The second-order valence-corrected chi connectivity index (χ2v) is 14.7. The third kappa shape index (κ3) is 6.17. The largest absolute Gasteiger partial charge is 0.453 e. The molecule has 1 unspecified atom stereocenters. The molecule has 0 radical (unpaired) electrons. The van der Waals surface area contributed by atoms with Crippen molar-refractivity contribution < 1.29 is 27.1 Å². The summed E-state index contributed by atoms with van der Waals surface area (Å²) in [7, 11) is -1.24. The maximum absolute atomic E-state index is 15.2. The number of benzene rings is 2. The summed E-state index contributed by atoms with van der Waals surface area (Å²) < 4.78 is 55.6. The molecule has 3 aromatic rings. The molecule has 1 spiro atoms. The van der Waals surface area contributed by atoms with Crippen LogP contribution >= 0.6 is 0 Å². The fourth-order valence-electron chi connectivity index (χ4n) is 6.73. The summed E-state index contributed by atoms with van der Waals surface area (Å²) >= 11 is 0. The normalized spacial score (nSPS) is 18.0. The van der Waals surface area contributed by atoms with Crippen molar-refractivity contribution in [3.05, 3.63) is 72.2 Å². The highest BCUT2D eigenvalue weighted by Gasteiger charge is 2.38.